The fraction of sp³-hybridized carbons (Fsp3) is 0.0909. The number of ether oxygens (including phenoxy) is 1. The van der Waals surface area contributed by atoms with Crippen LogP contribution in [0.4, 0.5) is 5.69 Å². The molecule has 0 saturated heterocycles. The summed E-state index contributed by atoms with van der Waals surface area (Å²) in [5.74, 6) is -0.669. The van der Waals surface area contributed by atoms with Crippen LogP contribution in [0.2, 0.25) is 0 Å². The zero-order chi connectivity index (χ0) is 20.5. The molecule has 2 aromatic carbocycles. The van der Waals surface area contributed by atoms with E-state index in [0.29, 0.717) is 16.8 Å². The van der Waals surface area contributed by atoms with Crippen molar-refractivity contribution in [2.24, 2.45) is 4.99 Å². The first-order valence-electron chi connectivity index (χ1n) is 8.94. The molecule has 1 aliphatic heterocycles. The second-order valence-electron chi connectivity index (χ2n) is 6.59. The molecule has 7 heteroatoms. The first-order chi connectivity index (χ1) is 13.9. The number of aromatic nitrogens is 1. The molecule has 0 radical (unpaired) electrons. The molecule has 29 heavy (non-hydrogen) atoms. The van der Waals surface area contributed by atoms with Crippen LogP contribution in [-0.2, 0) is 14.3 Å². The summed E-state index contributed by atoms with van der Waals surface area (Å²) in [7, 11) is 0. The number of aliphatic imine (C=N–C) groups is 1. The molecule has 1 aliphatic rings. The van der Waals surface area contributed by atoms with Crippen LogP contribution in [0.5, 0.6) is 0 Å². The minimum absolute atomic E-state index is 0.122. The number of nitrogens with one attached hydrogen (secondary N) is 1. The van der Waals surface area contributed by atoms with Gasteiger partial charge in [-0.2, -0.15) is 0 Å². The molecular weight excluding hydrogens is 370 g/mol. The maximum Gasteiger partial charge on any atom is 0.363 e. The highest BCUT2D eigenvalue weighted by molar-refractivity contribution is 6.13. The van der Waals surface area contributed by atoms with Crippen LogP contribution in [0.1, 0.15) is 29.8 Å². The van der Waals surface area contributed by atoms with E-state index >= 15 is 0 Å². The molecule has 0 spiro atoms. The average molecular weight is 387 g/mol. The number of benzene rings is 2. The van der Waals surface area contributed by atoms with Gasteiger partial charge in [0.2, 0.25) is 17.7 Å². The van der Waals surface area contributed by atoms with Crippen molar-refractivity contribution in [2.45, 2.75) is 13.8 Å². The molecule has 0 atom stereocenters. The molecule has 1 amide bonds. The Bertz CT molecular complexity index is 1220. The Hall–Kier alpha value is -4.00. The number of nitrogens with zero attached hydrogens (tertiary/aromatic N) is 2. The number of amides is 1. The lowest BCUT2D eigenvalue weighted by Crippen LogP contribution is -2.07. The Balaban J connectivity index is 1.69. The van der Waals surface area contributed by atoms with Crippen molar-refractivity contribution in [3.8, 4) is 0 Å². The summed E-state index contributed by atoms with van der Waals surface area (Å²) in [4.78, 5) is 39.6. The second kappa shape index (κ2) is 7.20. The zero-order valence-corrected chi connectivity index (χ0v) is 15.8. The van der Waals surface area contributed by atoms with Gasteiger partial charge in [0.25, 0.3) is 0 Å². The fourth-order valence-corrected chi connectivity index (χ4v) is 3.16. The second-order valence-corrected chi connectivity index (χ2v) is 6.59. The Morgan fingerprint density at radius 2 is 1.79 bits per heavy atom. The third-order valence-electron chi connectivity index (χ3n) is 4.45. The molecule has 2 heterocycles. The van der Waals surface area contributed by atoms with Gasteiger partial charge in [-0.05, 0) is 36.4 Å². The van der Waals surface area contributed by atoms with Gasteiger partial charge in [0, 0.05) is 42.2 Å². The largest absolute Gasteiger partial charge is 0.402 e. The normalized spacial score (nSPS) is 14.8. The number of anilines is 1. The smallest absolute Gasteiger partial charge is 0.363 e. The Morgan fingerprint density at radius 3 is 2.48 bits per heavy atom. The number of hydrogen-bond donors (Lipinski definition) is 1. The minimum Gasteiger partial charge on any atom is -0.402 e. The number of cyclic esters (lactones) is 1. The highest BCUT2D eigenvalue weighted by atomic mass is 16.6. The van der Waals surface area contributed by atoms with E-state index < -0.39 is 5.97 Å². The van der Waals surface area contributed by atoms with Gasteiger partial charge in [0.1, 0.15) is 0 Å². The summed E-state index contributed by atoms with van der Waals surface area (Å²) in [5, 5.41) is 3.51. The number of rotatable bonds is 3. The van der Waals surface area contributed by atoms with E-state index in [2.05, 4.69) is 10.3 Å². The zero-order valence-electron chi connectivity index (χ0n) is 15.8. The van der Waals surface area contributed by atoms with E-state index in [-0.39, 0.29) is 23.4 Å². The van der Waals surface area contributed by atoms with Gasteiger partial charge in [-0.3, -0.25) is 14.2 Å². The van der Waals surface area contributed by atoms with Gasteiger partial charge in [0.05, 0.1) is 5.52 Å². The maximum absolute atomic E-state index is 12.3. The molecule has 0 saturated carbocycles. The molecular formula is C22H17N3O4. The van der Waals surface area contributed by atoms with Gasteiger partial charge in [-0.25, -0.2) is 9.79 Å². The molecule has 0 aliphatic carbocycles. The van der Waals surface area contributed by atoms with E-state index in [1.807, 2.05) is 24.3 Å². The standard InChI is InChI=1S/C22H17N3O4/c1-13(26)23-17-9-7-15(8-10-17)21-24-19(22(28)29-21)11-16-12-25(14(2)27)20-6-4-3-5-18(16)20/h3-12H,1-2H3,(H,23,26)/b19-11+. The highest BCUT2D eigenvalue weighted by Crippen LogP contribution is 2.26. The molecule has 0 fully saturated rings. The summed E-state index contributed by atoms with van der Waals surface area (Å²) < 4.78 is 6.84. The quantitative estimate of drug-likeness (QED) is 0.549. The molecule has 0 bridgehead atoms. The van der Waals surface area contributed by atoms with Crippen molar-refractivity contribution in [1.29, 1.82) is 0 Å². The summed E-state index contributed by atoms with van der Waals surface area (Å²) in [6, 6.07) is 14.3. The van der Waals surface area contributed by atoms with Crippen LogP contribution in [0, 0.1) is 0 Å². The van der Waals surface area contributed by atoms with Crippen molar-refractivity contribution in [2.75, 3.05) is 5.32 Å². The number of carbonyl (C=O) groups excluding carboxylic acids is 3. The van der Waals surface area contributed by atoms with E-state index in [1.54, 1.807) is 36.5 Å². The van der Waals surface area contributed by atoms with Crippen molar-refractivity contribution in [3.05, 3.63) is 71.6 Å². The summed E-state index contributed by atoms with van der Waals surface area (Å²) >= 11 is 0. The van der Waals surface area contributed by atoms with Crippen molar-refractivity contribution < 1.29 is 19.1 Å². The third kappa shape index (κ3) is 3.58. The van der Waals surface area contributed by atoms with Gasteiger partial charge >= 0.3 is 5.97 Å². The van der Waals surface area contributed by atoms with Gasteiger partial charge < -0.3 is 10.1 Å². The summed E-state index contributed by atoms with van der Waals surface area (Å²) in [6.07, 6.45) is 3.30. The number of hydrogen-bond acceptors (Lipinski definition) is 5. The lowest BCUT2D eigenvalue weighted by molar-refractivity contribution is -0.129. The molecule has 1 aromatic heterocycles. The minimum atomic E-state index is -0.564. The van der Waals surface area contributed by atoms with Crippen LogP contribution in [0.15, 0.2) is 65.4 Å². The van der Waals surface area contributed by atoms with Crippen molar-refractivity contribution >= 4 is 46.3 Å². The highest BCUT2D eigenvalue weighted by Gasteiger charge is 2.25. The van der Waals surface area contributed by atoms with E-state index in [1.165, 1.54) is 18.4 Å². The predicted molar refractivity (Wildman–Crippen MR) is 110 cm³/mol. The lowest BCUT2D eigenvalue weighted by Gasteiger charge is -2.03. The fourth-order valence-electron chi connectivity index (χ4n) is 3.16. The monoisotopic (exact) mass is 387 g/mol. The van der Waals surface area contributed by atoms with Crippen LogP contribution in [-0.4, -0.2) is 28.2 Å². The Labute approximate surface area is 166 Å². The molecule has 4 rings (SSSR count). The van der Waals surface area contributed by atoms with Gasteiger partial charge in [-0.1, -0.05) is 18.2 Å². The topological polar surface area (TPSA) is 89.8 Å². The van der Waals surface area contributed by atoms with Crippen molar-refractivity contribution in [1.82, 2.24) is 4.57 Å². The summed E-state index contributed by atoms with van der Waals surface area (Å²) in [6.45, 7) is 2.91. The number of carbonyl (C=O) groups is 3. The van der Waals surface area contributed by atoms with Gasteiger partial charge in [0.15, 0.2) is 5.70 Å². The molecule has 7 nitrogen and oxygen atoms in total. The number of esters is 1. The predicted octanol–water partition coefficient (Wildman–Crippen LogP) is 3.60. The average Bonchev–Trinajstić information content (AvgIpc) is 3.24. The molecule has 3 aromatic rings. The first kappa shape index (κ1) is 18.4. The first-order valence-corrected chi connectivity index (χ1v) is 8.94. The van der Waals surface area contributed by atoms with Gasteiger partial charge in [-0.15, -0.1) is 0 Å². The maximum atomic E-state index is 12.3. The molecule has 1 N–H and O–H groups in total. The van der Waals surface area contributed by atoms with Crippen LogP contribution in [0.25, 0.3) is 17.0 Å². The van der Waals surface area contributed by atoms with Crippen LogP contribution < -0.4 is 5.32 Å². The van der Waals surface area contributed by atoms with Crippen LogP contribution in [0.3, 0.4) is 0 Å². The molecule has 144 valence electrons. The van der Waals surface area contributed by atoms with Crippen LogP contribution >= 0.6 is 0 Å². The third-order valence-corrected chi connectivity index (χ3v) is 4.45. The lowest BCUT2D eigenvalue weighted by atomic mass is 10.1. The Kier molecular flexibility index (Phi) is 4.56. The van der Waals surface area contributed by atoms with Crippen molar-refractivity contribution in [3.63, 3.8) is 0 Å². The number of para-hydroxylation sites is 1. The van der Waals surface area contributed by atoms with E-state index in [9.17, 15) is 14.4 Å². The Morgan fingerprint density at radius 1 is 1.07 bits per heavy atom. The van der Waals surface area contributed by atoms with E-state index in [0.717, 1.165) is 10.9 Å². The molecule has 0 unspecified atom stereocenters. The summed E-state index contributed by atoms with van der Waals surface area (Å²) in [5.41, 5.74) is 2.86. The van der Waals surface area contributed by atoms with E-state index in [4.69, 9.17) is 4.74 Å². The number of fused-ring (bicyclic) bond motifs is 1. The SMILES string of the molecule is CC(=O)Nc1ccc(C2=N/C(=C/c3cn(C(C)=O)c4ccccc34)C(=O)O2)cc1.